The Kier molecular flexibility index (Phi) is 5.55. The Labute approximate surface area is 148 Å². The summed E-state index contributed by atoms with van der Waals surface area (Å²) < 4.78 is 5.70. The minimum absolute atomic E-state index is 0.0443. The van der Waals surface area contributed by atoms with Crippen LogP contribution >= 0.6 is 11.6 Å². The maximum Gasteiger partial charge on any atom is 0.345 e. The SMILES string of the molecule is Cc1c(Cl)cccc1CC(Oc1ccc(C(C)(C)C)cc1)C(=O)O. The van der Waals surface area contributed by atoms with Crippen molar-refractivity contribution in [2.45, 2.75) is 45.6 Å². The molecule has 2 rings (SSSR count). The predicted octanol–water partition coefficient (Wildman–Crippen LogP) is 5.02. The third kappa shape index (κ3) is 4.51. The number of hydrogen-bond donors (Lipinski definition) is 1. The predicted molar refractivity (Wildman–Crippen MR) is 97.1 cm³/mol. The van der Waals surface area contributed by atoms with Crippen molar-refractivity contribution < 1.29 is 14.6 Å². The third-order valence-electron chi connectivity index (χ3n) is 4.06. The molecule has 128 valence electrons. The summed E-state index contributed by atoms with van der Waals surface area (Å²) >= 11 is 6.11. The van der Waals surface area contributed by atoms with Crippen molar-refractivity contribution in [1.29, 1.82) is 0 Å². The van der Waals surface area contributed by atoms with Gasteiger partial charge in [-0.2, -0.15) is 0 Å². The average molecular weight is 347 g/mol. The van der Waals surface area contributed by atoms with E-state index in [9.17, 15) is 9.90 Å². The zero-order chi connectivity index (χ0) is 17.9. The molecule has 0 saturated carbocycles. The lowest BCUT2D eigenvalue weighted by molar-refractivity contribution is -0.145. The molecule has 0 aliphatic rings. The van der Waals surface area contributed by atoms with E-state index < -0.39 is 12.1 Å². The van der Waals surface area contributed by atoms with Crippen LogP contribution < -0.4 is 4.74 Å². The molecule has 4 heteroatoms. The summed E-state index contributed by atoms with van der Waals surface area (Å²) in [6.45, 7) is 8.27. The summed E-state index contributed by atoms with van der Waals surface area (Å²) in [5.74, 6) is -0.440. The molecule has 0 heterocycles. The van der Waals surface area contributed by atoms with E-state index in [1.807, 2.05) is 43.3 Å². The van der Waals surface area contributed by atoms with Crippen molar-refractivity contribution in [3.05, 3.63) is 64.2 Å². The summed E-state index contributed by atoms with van der Waals surface area (Å²) in [7, 11) is 0. The summed E-state index contributed by atoms with van der Waals surface area (Å²) in [5.41, 5.74) is 2.98. The van der Waals surface area contributed by atoms with Crippen molar-refractivity contribution in [3.63, 3.8) is 0 Å². The van der Waals surface area contributed by atoms with Gasteiger partial charge in [0.25, 0.3) is 0 Å². The highest BCUT2D eigenvalue weighted by Crippen LogP contribution is 2.26. The Morgan fingerprint density at radius 3 is 2.33 bits per heavy atom. The average Bonchev–Trinajstić information content (AvgIpc) is 2.50. The lowest BCUT2D eigenvalue weighted by atomic mass is 9.87. The van der Waals surface area contributed by atoms with E-state index in [1.54, 1.807) is 6.07 Å². The van der Waals surface area contributed by atoms with Gasteiger partial charge in [-0.1, -0.05) is 56.6 Å². The summed E-state index contributed by atoms with van der Waals surface area (Å²) in [6, 6.07) is 13.1. The molecule has 3 nitrogen and oxygen atoms in total. The van der Waals surface area contributed by atoms with Crippen LogP contribution in [0.3, 0.4) is 0 Å². The van der Waals surface area contributed by atoms with E-state index in [-0.39, 0.29) is 11.8 Å². The van der Waals surface area contributed by atoms with Gasteiger partial charge in [0.2, 0.25) is 0 Å². The molecule has 2 aromatic carbocycles. The van der Waals surface area contributed by atoms with Gasteiger partial charge in [-0.05, 0) is 47.2 Å². The minimum atomic E-state index is -0.991. The second kappa shape index (κ2) is 7.27. The third-order valence-corrected chi connectivity index (χ3v) is 4.47. The van der Waals surface area contributed by atoms with Crippen LogP contribution in [0.25, 0.3) is 0 Å². The zero-order valence-electron chi connectivity index (χ0n) is 14.5. The van der Waals surface area contributed by atoms with Gasteiger partial charge in [-0.3, -0.25) is 0 Å². The quantitative estimate of drug-likeness (QED) is 0.826. The van der Waals surface area contributed by atoms with Gasteiger partial charge in [-0.25, -0.2) is 4.79 Å². The van der Waals surface area contributed by atoms with Crippen LogP contribution in [0.5, 0.6) is 5.75 Å². The van der Waals surface area contributed by atoms with E-state index >= 15 is 0 Å². The molecule has 1 N–H and O–H groups in total. The number of carboxylic acid groups (broad SMARTS) is 1. The number of ether oxygens (including phenoxy) is 1. The molecule has 0 aliphatic carbocycles. The first-order valence-corrected chi connectivity index (χ1v) is 8.30. The van der Waals surface area contributed by atoms with Crippen LogP contribution in [-0.2, 0) is 16.6 Å². The van der Waals surface area contributed by atoms with E-state index in [4.69, 9.17) is 16.3 Å². The van der Waals surface area contributed by atoms with Crippen LogP contribution in [0.15, 0.2) is 42.5 Å². The van der Waals surface area contributed by atoms with Crippen molar-refractivity contribution in [3.8, 4) is 5.75 Å². The van der Waals surface area contributed by atoms with Gasteiger partial charge < -0.3 is 9.84 Å². The first kappa shape index (κ1) is 18.3. The zero-order valence-corrected chi connectivity index (χ0v) is 15.2. The van der Waals surface area contributed by atoms with Crippen molar-refractivity contribution in [1.82, 2.24) is 0 Å². The highest BCUT2D eigenvalue weighted by molar-refractivity contribution is 6.31. The Morgan fingerprint density at radius 2 is 1.79 bits per heavy atom. The summed E-state index contributed by atoms with van der Waals surface area (Å²) in [5, 5.41) is 10.1. The highest BCUT2D eigenvalue weighted by atomic mass is 35.5. The molecule has 0 aromatic heterocycles. The number of hydrogen-bond acceptors (Lipinski definition) is 2. The molecule has 0 amide bonds. The molecule has 2 aromatic rings. The van der Waals surface area contributed by atoms with Crippen LogP contribution in [0, 0.1) is 6.92 Å². The van der Waals surface area contributed by atoms with Crippen molar-refractivity contribution in [2.75, 3.05) is 0 Å². The summed E-state index contributed by atoms with van der Waals surface area (Å²) in [6.07, 6.45) is -0.689. The van der Waals surface area contributed by atoms with Gasteiger partial charge >= 0.3 is 5.97 Å². The fraction of sp³-hybridized carbons (Fsp3) is 0.350. The normalized spacial score (nSPS) is 12.7. The first-order valence-electron chi connectivity index (χ1n) is 7.92. The molecular weight excluding hydrogens is 324 g/mol. The maximum absolute atomic E-state index is 11.6. The van der Waals surface area contributed by atoms with Gasteiger partial charge in [0.15, 0.2) is 6.10 Å². The Bertz CT molecular complexity index is 715. The van der Waals surface area contributed by atoms with Crippen LogP contribution in [-0.4, -0.2) is 17.2 Å². The van der Waals surface area contributed by atoms with Gasteiger partial charge in [0.05, 0.1) is 0 Å². The molecule has 1 unspecified atom stereocenters. The second-order valence-electron chi connectivity index (χ2n) is 6.95. The van der Waals surface area contributed by atoms with E-state index in [1.165, 1.54) is 5.56 Å². The molecule has 0 bridgehead atoms. The van der Waals surface area contributed by atoms with Gasteiger partial charge in [0.1, 0.15) is 5.75 Å². The minimum Gasteiger partial charge on any atom is -0.478 e. The van der Waals surface area contributed by atoms with E-state index in [0.29, 0.717) is 10.8 Å². The molecule has 0 aliphatic heterocycles. The number of benzene rings is 2. The maximum atomic E-state index is 11.6. The van der Waals surface area contributed by atoms with E-state index in [2.05, 4.69) is 20.8 Å². The fourth-order valence-corrected chi connectivity index (χ4v) is 2.64. The monoisotopic (exact) mass is 346 g/mol. The Morgan fingerprint density at radius 1 is 1.17 bits per heavy atom. The van der Waals surface area contributed by atoms with Crippen LogP contribution in [0.1, 0.15) is 37.5 Å². The molecule has 24 heavy (non-hydrogen) atoms. The fourth-order valence-electron chi connectivity index (χ4n) is 2.45. The van der Waals surface area contributed by atoms with Gasteiger partial charge in [0, 0.05) is 11.4 Å². The number of carboxylic acids is 1. The lowest BCUT2D eigenvalue weighted by Crippen LogP contribution is -2.29. The summed E-state index contributed by atoms with van der Waals surface area (Å²) in [4.78, 5) is 11.6. The van der Waals surface area contributed by atoms with Crippen molar-refractivity contribution in [2.24, 2.45) is 0 Å². The lowest BCUT2D eigenvalue weighted by Gasteiger charge is -2.20. The topological polar surface area (TPSA) is 46.5 Å². The van der Waals surface area contributed by atoms with Crippen molar-refractivity contribution >= 4 is 17.6 Å². The highest BCUT2D eigenvalue weighted by Gasteiger charge is 2.22. The van der Waals surface area contributed by atoms with Gasteiger partial charge in [-0.15, -0.1) is 0 Å². The Balaban J connectivity index is 2.17. The molecule has 0 saturated heterocycles. The molecule has 0 fully saturated rings. The number of halogens is 1. The number of aliphatic carboxylic acids is 1. The number of rotatable bonds is 5. The largest absolute Gasteiger partial charge is 0.478 e. The molecule has 0 radical (unpaired) electrons. The van der Waals surface area contributed by atoms with Crippen LogP contribution in [0.2, 0.25) is 5.02 Å². The smallest absolute Gasteiger partial charge is 0.345 e. The molecule has 0 spiro atoms. The Hall–Kier alpha value is -2.00. The number of carbonyl (C=O) groups is 1. The second-order valence-corrected chi connectivity index (χ2v) is 7.35. The first-order chi connectivity index (χ1) is 11.2. The standard InChI is InChI=1S/C20H23ClO3/c1-13-14(6-5-7-17(13)21)12-18(19(22)23)24-16-10-8-15(9-11-16)20(2,3)4/h5-11,18H,12H2,1-4H3,(H,22,23). The molecule has 1 atom stereocenters. The van der Waals surface area contributed by atoms with Crippen LogP contribution in [0.4, 0.5) is 0 Å². The van der Waals surface area contributed by atoms with E-state index in [0.717, 1.165) is 11.1 Å². The molecular formula is C20H23ClO3.